The van der Waals surface area contributed by atoms with Crippen LogP contribution in [0.2, 0.25) is 15.2 Å². The molecule has 30 heavy (non-hydrogen) atoms. The highest BCUT2D eigenvalue weighted by Gasteiger charge is 2.23. The molecule has 1 fully saturated rings. The number of ether oxygens (including phenoxy) is 2. The molecule has 9 heteroatoms. The van der Waals surface area contributed by atoms with E-state index in [2.05, 4.69) is 22.2 Å². The summed E-state index contributed by atoms with van der Waals surface area (Å²) in [6, 6.07) is 5.63. The van der Waals surface area contributed by atoms with Gasteiger partial charge in [0.25, 0.3) is 0 Å². The highest BCUT2D eigenvalue weighted by atomic mass is 35.5. The van der Waals surface area contributed by atoms with Crippen molar-refractivity contribution in [1.82, 2.24) is 14.9 Å². The van der Waals surface area contributed by atoms with E-state index in [1.54, 1.807) is 26.5 Å². The van der Waals surface area contributed by atoms with E-state index < -0.39 is 0 Å². The maximum absolute atomic E-state index is 6.63. The molecule has 1 atom stereocenters. The van der Waals surface area contributed by atoms with Gasteiger partial charge in [0.15, 0.2) is 0 Å². The Kier molecular flexibility index (Phi) is 6.11. The lowest BCUT2D eigenvalue weighted by molar-refractivity contribution is 0.395. The largest absolute Gasteiger partial charge is 0.495 e. The molecule has 1 unspecified atom stereocenters. The summed E-state index contributed by atoms with van der Waals surface area (Å²) < 4.78 is 10.8. The lowest BCUT2D eigenvalue weighted by Gasteiger charge is -2.18. The van der Waals surface area contributed by atoms with Gasteiger partial charge in [-0.2, -0.15) is 0 Å². The van der Waals surface area contributed by atoms with Crippen LogP contribution in [0.4, 0.5) is 5.82 Å². The number of pyridine rings is 2. The van der Waals surface area contributed by atoms with Crippen molar-refractivity contribution in [2.75, 3.05) is 39.7 Å². The van der Waals surface area contributed by atoms with E-state index in [4.69, 9.17) is 49.3 Å². The van der Waals surface area contributed by atoms with Gasteiger partial charge in [0.2, 0.25) is 0 Å². The van der Waals surface area contributed by atoms with E-state index >= 15 is 0 Å². The van der Waals surface area contributed by atoms with Crippen molar-refractivity contribution in [3.05, 3.63) is 39.6 Å². The SMILES string of the molecule is COc1cc(OC)c(Cl)c(-c2cc3cnc(Cl)cc3c(NC3CCN(C)C3)n2)c1Cl. The number of methoxy groups -OCH3 is 2. The number of rotatable bonds is 5. The van der Waals surface area contributed by atoms with Crippen molar-refractivity contribution in [3.63, 3.8) is 0 Å². The Labute approximate surface area is 190 Å². The number of aromatic nitrogens is 2. The summed E-state index contributed by atoms with van der Waals surface area (Å²) in [6.07, 6.45) is 2.74. The average molecular weight is 468 g/mol. The van der Waals surface area contributed by atoms with E-state index in [1.807, 2.05) is 12.1 Å². The molecular weight excluding hydrogens is 447 g/mol. The van der Waals surface area contributed by atoms with Crippen molar-refractivity contribution in [3.8, 4) is 22.8 Å². The number of benzene rings is 1. The number of halogens is 3. The number of nitrogens with zero attached hydrogens (tertiary/aromatic N) is 3. The zero-order valence-electron chi connectivity index (χ0n) is 16.8. The number of likely N-dealkylation sites (tertiary alicyclic amines) is 1. The minimum absolute atomic E-state index is 0.277. The molecule has 158 valence electrons. The maximum Gasteiger partial charge on any atom is 0.141 e. The lowest BCUT2D eigenvalue weighted by Crippen LogP contribution is -2.24. The highest BCUT2D eigenvalue weighted by Crippen LogP contribution is 2.46. The fourth-order valence-electron chi connectivity index (χ4n) is 3.72. The molecule has 0 radical (unpaired) electrons. The Bertz CT molecular complexity index is 1080. The van der Waals surface area contributed by atoms with Crippen molar-refractivity contribution in [2.45, 2.75) is 12.5 Å². The fourth-order valence-corrected chi connectivity index (χ4v) is 4.57. The molecule has 0 saturated carbocycles. The molecule has 1 aliphatic rings. The summed E-state index contributed by atoms with van der Waals surface area (Å²) in [6.45, 7) is 1.96. The minimum atomic E-state index is 0.277. The quantitative estimate of drug-likeness (QED) is 0.508. The minimum Gasteiger partial charge on any atom is -0.495 e. The number of hydrogen-bond donors (Lipinski definition) is 1. The molecule has 0 bridgehead atoms. The van der Waals surface area contributed by atoms with E-state index in [-0.39, 0.29) is 6.04 Å². The zero-order valence-corrected chi connectivity index (χ0v) is 19.1. The number of likely N-dealkylation sites (N-methyl/N-ethyl adjacent to an activating group) is 1. The summed E-state index contributed by atoms with van der Waals surface area (Å²) in [7, 11) is 5.19. The summed E-state index contributed by atoms with van der Waals surface area (Å²) in [4.78, 5) is 11.4. The van der Waals surface area contributed by atoms with E-state index in [1.165, 1.54) is 0 Å². The molecule has 1 saturated heterocycles. The Hall–Kier alpha value is -1.99. The van der Waals surface area contributed by atoms with Crippen molar-refractivity contribution >= 4 is 51.4 Å². The molecule has 2 aromatic heterocycles. The Morgan fingerprint density at radius 3 is 2.37 bits per heavy atom. The van der Waals surface area contributed by atoms with Gasteiger partial charge in [-0.3, -0.25) is 0 Å². The molecule has 3 heterocycles. The van der Waals surface area contributed by atoms with Crippen LogP contribution in [0.1, 0.15) is 6.42 Å². The summed E-state index contributed by atoms with van der Waals surface area (Å²) >= 11 is 19.4. The summed E-state index contributed by atoms with van der Waals surface area (Å²) in [5.74, 6) is 1.62. The van der Waals surface area contributed by atoms with Crippen LogP contribution in [-0.2, 0) is 0 Å². The first-order valence-electron chi connectivity index (χ1n) is 9.43. The van der Waals surface area contributed by atoms with Gasteiger partial charge in [-0.25, -0.2) is 9.97 Å². The monoisotopic (exact) mass is 466 g/mol. The first kappa shape index (κ1) is 21.2. The van der Waals surface area contributed by atoms with E-state index in [0.29, 0.717) is 43.8 Å². The second-order valence-corrected chi connectivity index (χ2v) is 8.40. The smallest absolute Gasteiger partial charge is 0.141 e. The van der Waals surface area contributed by atoms with Crippen LogP contribution in [0.5, 0.6) is 11.5 Å². The average Bonchev–Trinajstić information content (AvgIpc) is 3.13. The van der Waals surface area contributed by atoms with Crippen LogP contribution in [0.25, 0.3) is 22.0 Å². The topological polar surface area (TPSA) is 59.5 Å². The van der Waals surface area contributed by atoms with Crippen LogP contribution in [-0.4, -0.2) is 55.3 Å². The van der Waals surface area contributed by atoms with Crippen LogP contribution < -0.4 is 14.8 Å². The first-order valence-corrected chi connectivity index (χ1v) is 10.6. The molecule has 4 rings (SSSR count). The standard InChI is InChI=1S/C21H21Cl3N4O2/c1-28-5-4-12(10-28)26-21-13-7-17(22)25-9-11(13)6-14(27-21)18-19(23)15(29-2)8-16(30-3)20(18)24/h6-9,12H,4-5,10H2,1-3H3,(H,26,27). The van der Waals surface area contributed by atoms with Crippen LogP contribution >= 0.6 is 34.8 Å². The second kappa shape index (κ2) is 8.63. The van der Waals surface area contributed by atoms with Crippen molar-refractivity contribution < 1.29 is 9.47 Å². The van der Waals surface area contributed by atoms with Gasteiger partial charge in [-0.1, -0.05) is 34.8 Å². The Morgan fingerprint density at radius 2 is 1.77 bits per heavy atom. The third-order valence-electron chi connectivity index (χ3n) is 5.24. The van der Waals surface area contributed by atoms with Crippen molar-refractivity contribution in [2.24, 2.45) is 0 Å². The molecule has 0 aliphatic carbocycles. The van der Waals surface area contributed by atoms with Crippen LogP contribution in [0.3, 0.4) is 0 Å². The van der Waals surface area contributed by atoms with Gasteiger partial charge in [0, 0.05) is 41.2 Å². The van der Waals surface area contributed by atoms with Gasteiger partial charge in [-0.15, -0.1) is 0 Å². The van der Waals surface area contributed by atoms with Gasteiger partial charge in [0.1, 0.15) is 22.5 Å². The zero-order chi connectivity index (χ0) is 21.4. The van der Waals surface area contributed by atoms with Crippen molar-refractivity contribution in [1.29, 1.82) is 0 Å². The molecule has 0 spiro atoms. The van der Waals surface area contributed by atoms with Gasteiger partial charge < -0.3 is 19.7 Å². The lowest BCUT2D eigenvalue weighted by atomic mass is 10.1. The van der Waals surface area contributed by atoms with Gasteiger partial charge in [0.05, 0.1) is 30.0 Å². The third kappa shape index (κ3) is 3.97. The second-order valence-electron chi connectivity index (χ2n) is 7.26. The molecule has 1 aromatic carbocycles. The number of anilines is 1. The van der Waals surface area contributed by atoms with E-state index in [0.717, 1.165) is 30.3 Å². The predicted octanol–water partition coefficient (Wildman–Crippen LogP) is 5.39. The van der Waals surface area contributed by atoms with Gasteiger partial charge >= 0.3 is 0 Å². The highest BCUT2D eigenvalue weighted by molar-refractivity contribution is 6.41. The predicted molar refractivity (Wildman–Crippen MR) is 123 cm³/mol. The number of fused-ring (bicyclic) bond motifs is 1. The molecule has 3 aromatic rings. The fraction of sp³-hybridized carbons (Fsp3) is 0.333. The maximum atomic E-state index is 6.63. The number of nitrogens with one attached hydrogen (secondary N) is 1. The summed E-state index contributed by atoms with van der Waals surface area (Å²) in [5, 5.41) is 6.45. The number of hydrogen-bond acceptors (Lipinski definition) is 6. The van der Waals surface area contributed by atoms with Crippen LogP contribution in [0.15, 0.2) is 24.4 Å². The van der Waals surface area contributed by atoms with E-state index in [9.17, 15) is 0 Å². The third-order valence-corrected chi connectivity index (χ3v) is 6.20. The first-order chi connectivity index (χ1) is 14.4. The molecule has 6 nitrogen and oxygen atoms in total. The molecule has 1 aliphatic heterocycles. The Morgan fingerprint density at radius 1 is 1.07 bits per heavy atom. The van der Waals surface area contributed by atoms with Crippen LogP contribution in [0, 0.1) is 0 Å². The molecule has 0 amide bonds. The summed E-state index contributed by atoms with van der Waals surface area (Å²) in [5.41, 5.74) is 1.13. The Balaban J connectivity index is 1.91. The van der Waals surface area contributed by atoms with Gasteiger partial charge in [-0.05, 0) is 32.1 Å². The molecule has 1 N–H and O–H groups in total. The molecular formula is C21H21Cl3N4O2. The normalized spacial score (nSPS) is 16.8.